The Bertz CT molecular complexity index is 441. The van der Waals surface area contributed by atoms with E-state index >= 15 is 0 Å². The number of ether oxygens (including phenoxy) is 1. The van der Waals surface area contributed by atoms with Gasteiger partial charge in [0, 0.05) is 5.56 Å². The first-order valence-corrected chi connectivity index (χ1v) is 6.22. The number of benzene rings is 1. The van der Waals surface area contributed by atoms with Crippen molar-refractivity contribution in [1.29, 1.82) is 0 Å². The van der Waals surface area contributed by atoms with E-state index in [2.05, 4.69) is 5.32 Å². The molecule has 1 aromatic rings. The summed E-state index contributed by atoms with van der Waals surface area (Å²) in [4.78, 5) is 11.4. The molecule has 0 aromatic heterocycles. The highest BCUT2D eigenvalue weighted by Gasteiger charge is 2.27. The summed E-state index contributed by atoms with van der Waals surface area (Å²) in [6.45, 7) is 2.71. The van der Waals surface area contributed by atoms with Crippen LogP contribution in [0.1, 0.15) is 30.0 Å². The second-order valence-corrected chi connectivity index (χ2v) is 4.87. The molecular weight excluding hydrogens is 230 g/mol. The monoisotopic (exact) mass is 249 g/mol. The lowest BCUT2D eigenvalue weighted by Gasteiger charge is -2.18. The van der Waals surface area contributed by atoms with E-state index in [4.69, 9.17) is 4.74 Å². The normalized spacial score (nSPS) is 16.3. The van der Waals surface area contributed by atoms with Gasteiger partial charge in [-0.15, -0.1) is 0 Å². The third kappa shape index (κ3) is 3.01. The van der Waals surface area contributed by atoms with Crippen LogP contribution in [-0.4, -0.2) is 24.7 Å². The zero-order chi connectivity index (χ0) is 13.1. The largest absolute Gasteiger partial charge is 0.496 e. The third-order valence-electron chi connectivity index (χ3n) is 3.25. The van der Waals surface area contributed by atoms with E-state index in [0.717, 1.165) is 12.1 Å². The molecule has 0 spiro atoms. The number of aryl methyl sites for hydroxylation is 1. The number of nitrogens with one attached hydrogen (secondary N) is 1. The predicted octanol–water partition coefficient (Wildman–Crippen LogP) is 2.13. The fourth-order valence-corrected chi connectivity index (χ4v) is 2.02. The second-order valence-electron chi connectivity index (χ2n) is 4.87. The summed E-state index contributed by atoms with van der Waals surface area (Å²) in [5, 5.41) is 12.5. The standard InChI is InChI=1S/C14H19NO3/c1-9-3-6-12(18-2)11(7-9)13(14(16)17)15-8-10-4-5-10/h3,6-7,10,13,15H,4-5,8H2,1-2H3,(H,16,17). The third-order valence-corrected chi connectivity index (χ3v) is 3.25. The molecule has 1 unspecified atom stereocenters. The van der Waals surface area contributed by atoms with Crippen molar-refractivity contribution in [1.82, 2.24) is 5.32 Å². The van der Waals surface area contributed by atoms with E-state index in [1.54, 1.807) is 7.11 Å². The smallest absolute Gasteiger partial charge is 0.325 e. The van der Waals surface area contributed by atoms with Crippen LogP contribution in [0.5, 0.6) is 5.75 Å². The molecule has 1 aliphatic carbocycles. The highest BCUT2D eigenvalue weighted by molar-refractivity contribution is 5.76. The van der Waals surface area contributed by atoms with Crippen LogP contribution in [0.25, 0.3) is 0 Å². The average Bonchev–Trinajstić information content (AvgIpc) is 3.13. The highest BCUT2D eigenvalue weighted by Crippen LogP contribution is 2.30. The molecule has 0 aliphatic heterocycles. The van der Waals surface area contributed by atoms with Gasteiger partial charge in [-0.25, -0.2) is 0 Å². The van der Waals surface area contributed by atoms with Crippen LogP contribution in [0.15, 0.2) is 18.2 Å². The van der Waals surface area contributed by atoms with Gasteiger partial charge in [0.15, 0.2) is 0 Å². The van der Waals surface area contributed by atoms with Crippen molar-refractivity contribution >= 4 is 5.97 Å². The second kappa shape index (κ2) is 5.40. The average molecular weight is 249 g/mol. The molecule has 1 atom stereocenters. The van der Waals surface area contributed by atoms with E-state index < -0.39 is 12.0 Å². The topological polar surface area (TPSA) is 58.6 Å². The fraction of sp³-hybridized carbons (Fsp3) is 0.500. The summed E-state index contributed by atoms with van der Waals surface area (Å²) in [5.41, 5.74) is 1.73. The van der Waals surface area contributed by atoms with Gasteiger partial charge in [0.05, 0.1) is 7.11 Å². The molecule has 98 valence electrons. The molecule has 0 bridgehead atoms. The van der Waals surface area contributed by atoms with E-state index in [0.29, 0.717) is 17.2 Å². The molecule has 2 N–H and O–H groups in total. The first-order chi connectivity index (χ1) is 8.61. The molecule has 1 fully saturated rings. The number of carboxylic acids is 1. The Kier molecular flexibility index (Phi) is 3.87. The summed E-state index contributed by atoms with van der Waals surface area (Å²) in [6.07, 6.45) is 2.40. The van der Waals surface area contributed by atoms with Gasteiger partial charge in [-0.3, -0.25) is 4.79 Å². The van der Waals surface area contributed by atoms with Crippen LogP contribution in [0.4, 0.5) is 0 Å². The molecule has 0 saturated heterocycles. The quantitative estimate of drug-likeness (QED) is 0.811. The number of carbonyl (C=O) groups is 1. The van der Waals surface area contributed by atoms with Crippen molar-refractivity contribution < 1.29 is 14.6 Å². The van der Waals surface area contributed by atoms with Gasteiger partial charge in [-0.1, -0.05) is 17.7 Å². The van der Waals surface area contributed by atoms with Gasteiger partial charge in [-0.05, 0) is 38.3 Å². The maximum absolute atomic E-state index is 11.4. The molecule has 18 heavy (non-hydrogen) atoms. The van der Waals surface area contributed by atoms with E-state index in [-0.39, 0.29) is 0 Å². The summed E-state index contributed by atoms with van der Waals surface area (Å²) in [6, 6.07) is 4.92. The Labute approximate surface area is 107 Å². The number of aliphatic carboxylic acids is 1. The van der Waals surface area contributed by atoms with Gasteiger partial charge in [0.25, 0.3) is 0 Å². The number of hydrogen-bond donors (Lipinski definition) is 2. The molecule has 0 radical (unpaired) electrons. The first kappa shape index (κ1) is 12.9. The van der Waals surface area contributed by atoms with E-state index in [1.165, 1.54) is 12.8 Å². The van der Waals surface area contributed by atoms with E-state index in [1.807, 2.05) is 25.1 Å². The molecule has 0 amide bonds. The zero-order valence-electron chi connectivity index (χ0n) is 10.8. The van der Waals surface area contributed by atoms with Crippen molar-refractivity contribution in [2.75, 3.05) is 13.7 Å². The molecule has 4 heteroatoms. The van der Waals surface area contributed by atoms with Gasteiger partial charge in [0.1, 0.15) is 11.8 Å². The van der Waals surface area contributed by atoms with Crippen molar-refractivity contribution in [2.45, 2.75) is 25.8 Å². The minimum Gasteiger partial charge on any atom is -0.496 e. The predicted molar refractivity (Wildman–Crippen MR) is 68.8 cm³/mol. The Morgan fingerprint density at radius 1 is 1.56 bits per heavy atom. The van der Waals surface area contributed by atoms with Crippen LogP contribution in [-0.2, 0) is 4.79 Å². The summed E-state index contributed by atoms with van der Waals surface area (Å²) in [7, 11) is 1.56. The molecule has 0 heterocycles. The number of hydrogen-bond acceptors (Lipinski definition) is 3. The van der Waals surface area contributed by atoms with Crippen molar-refractivity contribution in [3.05, 3.63) is 29.3 Å². The van der Waals surface area contributed by atoms with Gasteiger partial charge >= 0.3 is 5.97 Å². The highest BCUT2D eigenvalue weighted by atomic mass is 16.5. The number of methoxy groups -OCH3 is 1. The maximum atomic E-state index is 11.4. The van der Waals surface area contributed by atoms with Gasteiger partial charge < -0.3 is 15.2 Å². The van der Waals surface area contributed by atoms with Crippen molar-refractivity contribution in [2.24, 2.45) is 5.92 Å². The minimum atomic E-state index is -0.862. The van der Waals surface area contributed by atoms with Crippen LogP contribution < -0.4 is 10.1 Å². The lowest BCUT2D eigenvalue weighted by molar-refractivity contribution is -0.139. The Balaban J connectivity index is 2.21. The molecule has 1 saturated carbocycles. The summed E-state index contributed by atoms with van der Waals surface area (Å²) >= 11 is 0. The van der Waals surface area contributed by atoms with Crippen molar-refractivity contribution in [3.8, 4) is 5.75 Å². The SMILES string of the molecule is COc1ccc(C)cc1C(NCC1CC1)C(=O)O. The Morgan fingerprint density at radius 3 is 2.83 bits per heavy atom. The van der Waals surface area contributed by atoms with Gasteiger partial charge in [0.2, 0.25) is 0 Å². The van der Waals surface area contributed by atoms with Crippen LogP contribution in [0.3, 0.4) is 0 Å². The fourth-order valence-electron chi connectivity index (χ4n) is 2.02. The maximum Gasteiger partial charge on any atom is 0.325 e. The molecule has 1 aliphatic rings. The molecule has 1 aromatic carbocycles. The van der Waals surface area contributed by atoms with E-state index in [9.17, 15) is 9.90 Å². The van der Waals surface area contributed by atoms with Crippen LogP contribution in [0.2, 0.25) is 0 Å². The van der Waals surface area contributed by atoms with Crippen LogP contribution in [0, 0.1) is 12.8 Å². The Morgan fingerprint density at radius 2 is 2.28 bits per heavy atom. The number of rotatable bonds is 6. The molecule has 4 nitrogen and oxygen atoms in total. The lowest BCUT2D eigenvalue weighted by atomic mass is 10.0. The summed E-state index contributed by atoms with van der Waals surface area (Å²) < 4.78 is 5.25. The minimum absolute atomic E-state index is 0.622. The first-order valence-electron chi connectivity index (χ1n) is 6.22. The summed E-state index contributed by atoms with van der Waals surface area (Å²) in [5.74, 6) is 0.401. The lowest BCUT2D eigenvalue weighted by Crippen LogP contribution is -2.30. The van der Waals surface area contributed by atoms with Gasteiger partial charge in [-0.2, -0.15) is 0 Å². The molecular formula is C14H19NO3. The molecule has 2 rings (SSSR count). The number of carboxylic acid groups (broad SMARTS) is 1. The zero-order valence-corrected chi connectivity index (χ0v) is 10.8. The Hall–Kier alpha value is -1.55. The van der Waals surface area contributed by atoms with Crippen LogP contribution >= 0.6 is 0 Å². The van der Waals surface area contributed by atoms with Crippen molar-refractivity contribution in [3.63, 3.8) is 0 Å².